The van der Waals surface area contributed by atoms with E-state index in [1.54, 1.807) is 25.2 Å². The summed E-state index contributed by atoms with van der Waals surface area (Å²) in [6, 6.07) is 8.17. The SMILES string of the molecule is CN1C(=O)COc2ccc(CNC(=O)c3ccc(F)c(F)c3)cc21. The molecule has 0 saturated heterocycles. The van der Waals surface area contributed by atoms with Crippen molar-refractivity contribution in [1.29, 1.82) is 0 Å². The van der Waals surface area contributed by atoms with Gasteiger partial charge >= 0.3 is 0 Å². The van der Waals surface area contributed by atoms with Crippen LogP contribution < -0.4 is 15.0 Å². The molecule has 1 aliphatic rings. The van der Waals surface area contributed by atoms with Crippen LogP contribution in [-0.4, -0.2) is 25.5 Å². The number of fused-ring (bicyclic) bond motifs is 1. The number of rotatable bonds is 3. The summed E-state index contributed by atoms with van der Waals surface area (Å²) in [5.41, 5.74) is 1.39. The quantitative estimate of drug-likeness (QED) is 0.938. The van der Waals surface area contributed by atoms with Gasteiger partial charge in [-0.1, -0.05) is 6.07 Å². The fraction of sp³-hybridized carbons (Fsp3) is 0.176. The van der Waals surface area contributed by atoms with Gasteiger partial charge in [-0.05, 0) is 35.9 Å². The van der Waals surface area contributed by atoms with Crippen molar-refractivity contribution in [2.24, 2.45) is 0 Å². The van der Waals surface area contributed by atoms with Crippen LogP contribution in [0.15, 0.2) is 36.4 Å². The first-order valence-electron chi connectivity index (χ1n) is 7.21. The molecule has 3 rings (SSSR count). The lowest BCUT2D eigenvalue weighted by Crippen LogP contribution is -2.35. The monoisotopic (exact) mass is 332 g/mol. The highest BCUT2D eigenvalue weighted by Gasteiger charge is 2.22. The third-order valence-corrected chi connectivity index (χ3v) is 3.74. The first-order chi connectivity index (χ1) is 11.5. The molecule has 0 aliphatic carbocycles. The molecule has 2 aromatic rings. The number of ether oxygens (including phenoxy) is 1. The number of halogens is 2. The first-order valence-corrected chi connectivity index (χ1v) is 7.21. The fourth-order valence-electron chi connectivity index (χ4n) is 2.35. The Bertz CT molecular complexity index is 823. The topological polar surface area (TPSA) is 58.6 Å². The standard InChI is InChI=1S/C17H14F2N2O3/c1-21-14-6-10(2-5-15(14)24-9-16(21)22)8-20-17(23)11-3-4-12(18)13(19)7-11/h2-7H,8-9H2,1H3,(H,20,23). The molecule has 0 atom stereocenters. The van der Waals surface area contributed by atoms with Crippen molar-refractivity contribution in [1.82, 2.24) is 5.32 Å². The van der Waals surface area contributed by atoms with Crippen LogP contribution in [0.25, 0.3) is 0 Å². The molecule has 0 aromatic heterocycles. The summed E-state index contributed by atoms with van der Waals surface area (Å²) < 4.78 is 31.4. The largest absolute Gasteiger partial charge is 0.482 e. The number of hydrogen-bond acceptors (Lipinski definition) is 3. The maximum atomic E-state index is 13.2. The second-order valence-corrected chi connectivity index (χ2v) is 5.36. The summed E-state index contributed by atoms with van der Waals surface area (Å²) in [6.07, 6.45) is 0. The van der Waals surface area contributed by atoms with Crippen LogP contribution in [0.3, 0.4) is 0 Å². The Kier molecular flexibility index (Phi) is 4.16. The second-order valence-electron chi connectivity index (χ2n) is 5.36. The van der Waals surface area contributed by atoms with Crippen LogP contribution in [0.1, 0.15) is 15.9 Å². The zero-order valence-corrected chi connectivity index (χ0v) is 12.8. The lowest BCUT2D eigenvalue weighted by atomic mass is 10.1. The van der Waals surface area contributed by atoms with E-state index in [1.165, 1.54) is 11.0 Å². The Balaban J connectivity index is 1.72. The molecule has 0 radical (unpaired) electrons. The van der Waals surface area contributed by atoms with Crippen LogP contribution in [0.2, 0.25) is 0 Å². The van der Waals surface area contributed by atoms with Crippen molar-refractivity contribution >= 4 is 17.5 Å². The summed E-state index contributed by atoms with van der Waals surface area (Å²) in [5, 5.41) is 2.62. The van der Waals surface area contributed by atoms with Gasteiger partial charge in [-0.3, -0.25) is 9.59 Å². The second kappa shape index (κ2) is 6.27. The molecule has 0 saturated carbocycles. The molecule has 2 amide bonds. The third-order valence-electron chi connectivity index (χ3n) is 3.74. The van der Waals surface area contributed by atoms with Gasteiger partial charge in [-0.15, -0.1) is 0 Å². The highest BCUT2D eigenvalue weighted by atomic mass is 19.2. The Hall–Kier alpha value is -2.96. The highest BCUT2D eigenvalue weighted by molar-refractivity contribution is 5.97. The number of nitrogens with zero attached hydrogens (tertiary/aromatic N) is 1. The molecule has 7 heteroatoms. The summed E-state index contributed by atoms with van der Waals surface area (Å²) in [5.74, 6) is -2.17. The minimum absolute atomic E-state index is 0.00425. The smallest absolute Gasteiger partial charge is 0.264 e. The van der Waals surface area contributed by atoms with Gasteiger partial charge in [0.25, 0.3) is 11.8 Å². The van der Waals surface area contributed by atoms with Crippen molar-refractivity contribution in [3.63, 3.8) is 0 Å². The average Bonchev–Trinajstić information content (AvgIpc) is 2.58. The average molecular weight is 332 g/mol. The van der Waals surface area contributed by atoms with E-state index in [-0.39, 0.29) is 24.6 Å². The number of amides is 2. The van der Waals surface area contributed by atoms with Gasteiger partial charge in [-0.25, -0.2) is 8.78 Å². The molecular formula is C17H14F2N2O3. The molecule has 0 fully saturated rings. The lowest BCUT2D eigenvalue weighted by molar-refractivity contribution is -0.120. The molecule has 2 aromatic carbocycles. The predicted molar refractivity (Wildman–Crippen MR) is 82.9 cm³/mol. The van der Waals surface area contributed by atoms with E-state index in [0.29, 0.717) is 11.4 Å². The first kappa shape index (κ1) is 15.9. The summed E-state index contributed by atoms with van der Waals surface area (Å²) in [7, 11) is 1.65. The molecule has 1 N–H and O–H groups in total. The summed E-state index contributed by atoms with van der Waals surface area (Å²) in [6.45, 7) is 0.169. The Morgan fingerprint density at radius 3 is 2.75 bits per heavy atom. The summed E-state index contributed by atoms with van der Waals surface area (Å²) >= 11 is 0. The van der Waals surface area contributed by atoms with Crippen LogP contribution in [0, 0.1) is 11.6 Å². The number of likely N-dealkylation sites (N-methyl/N-ethyl adjacent to an activating group) is 1. The molecular weight excluding hydrogens is 318 g/mol. The van der Waals surface area contributed by atoms with E-state index in [9.17, 15) is 18.4 Å². The normalized spacial score (nSPS) is 13.3. The number of benzene rings is 2. The molecule has 0 bridgehead atoms. The molecule has 24 heavy (non-hydrogen) atoms. The van der Waals surface area contributed by atoms with Gasteiger partial charge in [-0.2, -0.15) is 0 Å². The van der Waals surface area contributed by atoms with Gasteiger partial charge in [0.15, 0.2) is 18.2 Å². The zero-order chi connectivity index (χ0) is 17.3. The zero-order valence-electron chi connectivity index (χ0n) is 12.8. The lowest BCUT2D eigenvalue weighted by Gasteiger charge is -2.26. The van der Waals surface area contributed by atoms with E-state index in [4.69, 9.17) is 4.74 Å². The van der Waals surface area contributed by atoms with Crippen molar-refractivity contribution in [2.45, 2.75) is 6.54 Å². The van der Waals surface area contributed by atoms with E-state index < -0.39 is 17.5 Å². The maximum Gasteiger partial charge on any atom is 0.264 e. The Morgan fingerprint density at radius 1 is 1.21 bits per heavy atom. The minimum atomic E-state index is -1.08. The number of carbonyl (C=O) groups is 2. The number of anilines is 1. The van der Waals surface area contributed by atoms with Gasteiger partial charge in [0.2, 0.25) is 0 Å². The Labute approximate surface area is 136 Å². The summed E-state index contributed by atoms with van der Waals surface area (Å²) in [4.78, 5) is 25.1. The Morgan fingerprint density at radius 2 is 2.00 bits per heavy atom. The van der Waals surface area contributed by atoms with Crippen molar-refractivity contribution in [3.05, 3.63) is 59.2 Å². The van der Waals surface area contributed by atoms with Crippen LogP contribution in [-0.2, 0) is 11.3 Å². The predicted octanol–water partition coefficient (Wildman–Crippen LogP) is 2.25. The number of hydrogen-bond donors (Lipinski definition) is 1. The molecule has 124 valence electrons. The third kappa shape index (κ3) is 3.05. The highest BCUT2D eigenvalue weighted by Crippen LogP contribution is 2.31. The number of carbonyl (C=O) groups excluding carboxylic acids is 2. The van der Waals surface area contributed by atoms with E-state index >= 15 is 0 Å². The van der Waals surface area contributed by atoms with Crippen molar-refractivity contribution in [3.8, 4) is 5.75 Å². The fourth-order valence-corrected chi connectivity index (χ4v) is 2.35. The van der Waals surface area contributed by atoms with Gasteiger partial charge in [0, 0.05) is 19.2 Å². The number of nitrogens with one attached hydrogen (secondary N) is 1. The minimum Gasteiger partial charge on any atom is -0.482 e. The van der Waals surface area contributed by atoms with Crippen LogP contribution in [0.5, 0.6) is 5.75 Å². The molecule has 5 nitrogen and oxygen atoms in total. The maximum absolute atomic E-state index is 13.2. The van der Waals surface area contributed by atoms with E-state index in [0.717, 1.165) is 17.7 Å². The molecule has 0 spiro atoms. The van der Waals surface area contributed by atoms with Crippen molar-refractivity contribution < 1.29 is 23.1 Å². The molecule has 0 unspecified atom stereocenters. The van der Waals surface area contributed by atoms with Gasteiger partial charge < -0.3 is 15.0 Å². The van der Waals surface area contributed by atoms with Crippen LogP contribution >= 0.6 is 0 Å². The van der Waals surface area contributed by atoms with Gasteiger partial charge in [0.05, 0.1) is 5.69 Å². The van der Waals surface area contributed by atoms with E-state index in [1.807, 2.05) is 0 Å². The van der Waals surface area contributed by atoms with Crippen LogP contribution in [0.4, 0.5) is 14.5 Å². The molecule has 1 heterocycles. The van der Waals surface area contributed by atoms with Crippen molar-refractivity contribution in [2.75, 3.05) is 18.6 Å². The van der Waals surface area contributed by atoms with E-state index in [2.05, 4.69) is 5.32 Å². The molecule has 1 aliphatic heterocycles. The van der Waals surface area contributed by atoms with Gasteiger partial charge in [0.1, 0.15) is 5.75 Å².